The van der Waals surface area contributed by atoms with Gasteiger partial charge in [0.25, 0.3) is 0 Å². The molecule has 0 atom stereocenters. The third-order valence-corrected chi connectivity index (χ3v) is 3.77. The quantitative estimate of drug-likeness (QED) is 0.729. The third kappa shape index (κ3) is 5.15. The molecular weight excluding hydrogens is 254 g/mol. The van der Waals surface area contributed by atoms with Crippen LogP contribution in [0.1, 0.15) is 57.8 Å². The molecule has 2 amide bonds. The number of carbonyl (C=O) groups is 2. The van der Waals surface area contributed by atoms with Crippen molar-refractivity contribution >= 4 is 17.5 Å². The van der Waals surface area contributed by atoms with Crippen LogP contribution in [-0.2, 0) is 9.59 Å². The third-order valence-electron chi connectivity index (χ3n) is 3.77. The maximum Gasteiger partial charge on any atom is 0.240 e. The summed E-state index contributed by atoms with van der Waals surface area (Å²) < 4.78 is 0. The van der Waals surface area contributed by atoms with E-state index in [-0.39, 0.29) is 11.8 Å². The summed E-state index contributed by atoms with van der Waals surface area (Å²) in [6.07, 6.45) is 10.5. The minimum Gasteiger partial charge on any atom is -0.356 e. The van der Waals surface area contributed by atoms with E-state index < -0.39 is 0 Å². The Bertz CT molecular complexity index is 427. The first-order valence-corrected chi connectivity index (χ1v) is 7.53. The van der Waals surface area contributed by atoms with Crippen LogP contribution in [0, 0.1) is 0 Å². The van der Waals surface area contributed by atoms with Crippen molar-refractivity contribution in [1.29, 1.82) is 0 Å². The molecule has 0 bridgehead atoms. The second kappa shape index (κ2) is 7.82. The Morgan fingerprint density at radius 3 is 2.85 bits per heavy atom. The SMILES string of the molecule is O=C(CCC1=NNC(=O)CC1)NCCC1=CCCCC1. The summed E-state index contributed by atoms with van der Waals surface area (Å²) in [5.41, 5.74) is 4.85. The zero-order chi connectivity index (χ0) is 14.2. The summed E-state index contributed by atoms with van der Waals surface area (Å²) in [5, 5.41) is 6.92. The van der Waals surface area contributed by atoms with E-state index in [1.165, 1.54) is 31.3 Å². The zero-order valence-corrected chi connectivity index (χ0v) is 11.9. The molecule has 5 heteroatoms. The monoisotopic (exact) mass is 277 g/mol. The van der Waals surface area contributed by atoms with Gasteiger partial charge in [0.1, 0.15) is 0 Å². The maximum absolute atomic E-state index is 11.7. The number of hydrogen-bond donors (Lipinski definition) is 2. The highest BCUT2D eigenvalue weighted by Crippen LogP contribution is 2.19. The van der Waals surface area contributed by atoms with Crippen molar-refractivity contribution in [1.82, 2.24) is 10.7 Å². The Hall–Kier alpha value is -1.65. The fraction of sp³-hybridized carbons (Fsp3) is 0.667. The predicted octanol–water partition coefficient (Wildman–Crippen LogP) is 2.04. The molecule has 5 nitrogen and oxygen atoms in total. The lowest BCUT2D eigenvalue weighted by Gasteiger charge is -2.13. The van der Waals surface area contributed by atoms with E-state index in [9.17, 15) is 9.59 Å². The van der Waals surface area contributed by atoms with Gasteiger partial charge in [0.15, 0.2) is 0 Å². The van der Waals surface area contributed by atoms with Crippen molar-refractivity contribution in [3.63, 3.8) is 0 Å². The average Bonchev–Trinajstić information content (AvgIpc) is 2.48. The van der Waals surface area contributed by atoms with E-state index in [1.807, 2.05) is 0 Å². The highest BCUT2D eigenvalue weighted by molar-refractivity contribution is 5.94. The fourth-order valence-corrected chi connectivity index (χ4v) is 2.53. The molecule has 0 aromatic rings. The zero-order valence-electron chi connectivity index (χ0n) is 11.9. The van der Waals surface area contributed by atoms with Gasteiger partial charge >= 0.3 is 0 Å². The van der Waals surface area contributed by atoms with Crippen LogP contribution in [0.3, 0.4) is 0 Å². The molecule has 0 unspecified atom stereocenters. The Kier molecular flexibility index (Phi) is 5.77. The van der Waals surface area contributed by atoms with Crippen LogP contribution in [0.25, 0.3) is 0 Å². The van der Waals surface area contributed by atoms with Crippen LogP contribution < -0.4 is 10.7 Å². The lowest BCUT2D eigenvalue weighted by atomic mass is 9.97. The van der Waals surface area contributed by atoms with Gasteiger partial charge in [-0.15, -0.1) is 0 Å². The maximum atomic E-state index is 11.7. The predicted molar refractivity (Wildman–Crippen MR) is 78.2 cm³/mol. The van der Waals surface area contributed by atoms with Crippen LogP contribution in [0.15, 0.2) is 16.8 Å². The number of allylic oxidation sites excluding steroid dienone is 1. The number of nitrogens with one attached hydrogen (secondary N) is 2. The van der Waals surface area contributed by atoms with Gasteiger partial charge in [0.2, 0.25) is 11.8 Å². The standard InChI is InChI=1S/C15H23N3O2/c19-14(8-6-13-7-9-15(20)18-17-13)16-11-10-12-4-2-1-3-5-12/h4H,1-3,5-11H2,(H,16,19)(H,18,20). The number of amides is 2. The summed E-state index contributed by atoms with van der Waals surface area (Å²) in [6.45, 7) is 0.730. The first-order valence-electron chi connectivity index (χ1n) is 7.53. The number of rotatable bonds is 6. The minimum absolute atomic E-state index is 0.0426. The van der Waals surface area contributed by atoms with Gasteiger partial charge in [-0.05, 0) is 44.9 Å². The lowest BCUT2D eigenvalue weighted by molar-refractivity contribution is -0.121. The fourth-order valence-electron chi connectivity index (χ4n) is 2.53. The first-order chi connectivity index (χ1) is 9.74. The second-order valence-electron chi connectivity index (χ2n) is 5.42. The second-order valence-corrected chi connectivity index (χ2v) is 5.42. The van der Waals surface area contributed by atoms with Crippen LogP contribution in [-0.4, -0.2) is 24.1 Å². The largest absolute Gasteiger partial charge is 0.356 e. The topological polar surface area (TPSA) is 70.6 Å². The summed E-state index contributed by atoms with van der Waals surface area (Å²) in [4.78, 5) is 22.7. The molecule has 0 saturated carbocycles. The van der Waals surface area contributed by atoms with E-state index in [1.54, 1.807) is 0 Å². The average molecular weight is 277 g/mol. The molecule has 0 radical (unpaired) electrons. The van der Waals surface area contributed by atoms with E-state index in [2.05, 4.69) is 21.9 Å². The van der Waals surface area contributed by atoms with Gasteiger partial charge in [0.05, 0.1) is 0 Å². The molecule has 1 heterocycles. The molecule has 0 fully saturated rings. The van der Waals surface area contributed by atoms with Gasteiger partial charge in [-0.3, -0.25) is 9.59 Å². The molecule has 1 aliphatic heterocycles. The Labute approximate surface area is 119 Å². The van der Waals surface area contributed by atoms with E-state index in [4.69, 9.17) is 0 Å². The highest BCUT2D eigenvalue weighted by Gasteiger charge is 2.12. The van der Waals surface area contributed by atoms with Crippen molar-refractivity contribution in [3.8, 4) is 0 Å². The molecular formula is C15H23N3O2. The van der Waals surface area contributed by atoms with Crippen molar-refractivity contribution in [2.24, 2.45) is 5.10 Å². The molecule has 1 aliphatic carbocycles. The van der Waals surface area contributed by atoms with Crippen LogP contribution in [0.4, 0.5) is 0 Å². The van der Waals surface area contributed by atoms with Gasteiger partial charge < -0.3 is 5.32 Å². The number of carbonyl (C=O) groups excluding carboxylic acids is 2. The van der Waals surface area contributed by atoms with Crippen LogP contribution >= 0.6 is 0 Å². The molecule has 0 aromatic carbocycles. The number of hydrogen-bond acceptors (Lipinski definition) is 3. The molecule has 0 saturated heterocycles. The number of nitrogens with zero attached hydrogens (tertiary/aromatic N) is 1. The Morgan fingerprint density at radius 1 is 1.25 bits per heavy atom. The van der Waals surface area contributed by atoms with Crippen molar-refractivity contribution < 1.29 is 9.59 Å². The van der Waals surface area contributed by atoms with E-state index in [0.29, 0.717) is 25.7 Å². The van der Waals surface area contributed by atoms with Crippen molar-refractivity contribution in [2.75, 3.05) is 6.54 Å². The molecule has 110 valence electrons. The van der Waals surface area contributed by atoms with Crippen molar-refractivity contribution in [2.45, 2.75) is 57.8 Å². The summed E-state index contributed by atoms with van der Waals surface area (Å²) >= 11 is 0. The summed E-state index contributed by atoms with van der Waals surface area (Å²) in [7, 11) is 0. The van der Waals surface area contributed by atoms with Crippen LogP contribution in [0.2, 0.25) is 0 Å². The molecule has 20 heavy (non-hydrogen) atoms. The Morgan fingerprint density at radius 2 is 2.15 bits per heavy atom. The Balaban J connectivity index is 1.58. The van der Waals surface area contributed by atoms with Crippen molar-refractivity contribution in [3.05, 3.63) is 11.6 Å². The smallest absolute Gasteiger partial charge is 0.240 e. The van der Waals surface area contributed by atoms with E-state index >= 15 is 0 Å². The highest BCUT2D eigenvalue weighted by atomic mass is 16.2. The van der Waals surface area contributed by atoms with Gasteiger partial charge in [-0.25, -0.2) is 5.43 Å². The van der Waals surface area contributed by atoms with Gasteiger partial charge in [0, 0.05) is 25.1 Å². The summed E-state index contributed by atoms with van der Waals surface area (Å²) in [6, 6.07) is 0. The molecule has 0 aromatic heterocycles. The minimum atomic E-state index is -0.0426. The molecule has 2 N–H and O–H groups in total. The lowest BCUT2D eigenvalue weighted by Crippen LogP contribution is -2.28. The number of hydrazone groups is 1. The molecule has 2 rings (SSSR count). The first kappa shape index (κ1) is 14.8. The normalized spacial score (nSPS) is 18.9. The van der Waals surface area contributed by atoms with Gasteiger partial charge in [-0.2, -0.15) is 5.10 Å². The van der Waals surface area contributed by atoms with E-state index in [0.717, 1.165) is 18.7 Å². The molecule has 2 aliphatic rings. The molecule has 0 spiro atoms. The summed E-state index contributed by atoms with van der Waals surface area (Å²) in [5.74, 6) is 0.0277. The van der Waals surface area contributed by atoms with Gasteiger partial charge in [-0.1, -0.05) is 11.6 Å². The van der Waals surface area contributed by atoms with Crippen LogP contribution in [0.5, 0.6) is 0 Å².